The fourth-order valence-corrected chi connectivity index (χ4v) is 2.20. The van der Waals surface area contributed by atoms with Crippen LogP contribution in [0.25, 0.3) is 0 Å². The molecule has 2 aliphatic carbocycles. The molecule has 0 N–H and O–H groups in total. The topological polar surface area (TPSA) is 17.1 Å². The summed E-state index contributed by atoms with van der Waals surface area (Å²) in [6.07, 6.45) is 12.6. The lowest BCUT2D eigenvalue weighted by molar-refractivity contribution is -0.144. The summed E-state index contributed by atoms with van der Waals surface area (Å²) in [6.45, 7) is 4.29. The molecule has 2 aliphatic rings. The zero-order chi connectivity index (χ0) is 9.53. The molecular weight excluding hydrogens is 160 g/mol. The monoisotopic (exact) mass is 174 g/mol. The molecule has 0 bridgehead atoms. The van der Waals surface area contributed by atoms with E-state index in [1.807, 2.05) is 36.5 Å². The molecule has 0 unspecified atom stereocenters. The molecule has 1 heteroatoms. The number of rotatable bonds is 0. The summed E-state index contributed by atoms with van der Waals surface area (Å²) < 4.78 is 0. The first-order valence-corrected chi connectivity index (χ1v) is 4.66. The van der Waals surface area contributed by atoms with E-state index in [1.165, 1.54) is 0 Å². The number of carbonyl (C=O) groups excluding carboxylic acids is 1. The van der Waals surface area contributed by atoms with E-state index >= 15 is 0 Å². The van der Waals surface area contributed by atoms with E-state index in [0.717, 1.165) is 0 Å². The lowest BCUT2D eigenvalue weighted by Crippen LogP contribution is -2.53. The summed E-state index contributed by atoms with van der Waals surface area (Å²) in [5.41, 5.74) is -0.237. The van der Waals surface area contributed by atoms with Crippen LogP contribution in [0.5, 0.6) is 0 Å². The Balaban J connectivity index is 2.44. The summed E-state index contributed by atoms with van der Waals surface area (Å²) in [5.74, 6) is 0.341. The molecule has 0 heterocycles. The van der Waals surface area contributed by atoms with Crippen molar-refractivity contribution in [3.8, 4) is 0 Å². The molecule has 1 nitrogen and oxygen atoms in total. The highest BCUT2D eigenvalue weighted by atomic mass is 16.1. The fraction of sp³-hybridized carbons (Fsp3) is 0.417. The van der Waals surface area contributed by atoms with Crippen LogP contribution in [0.15, 0.2) is 36.5 Å². The number of Topliss-reactive ketones (excluding diaryl/α,β-unsaturated/α-hetero) is 1. The van der Waals surface area contributed by atoms with Crippen molar-refractivity contribution in [3.05, 3.63) is 36.5 Å². The van der Waals surface area contributed by atoms with Gasteiger partial charge < -0.3 is 0 Å². The maximum Gasteiger partial charge on any atom is 0.147 e. The number of hydrogen-bond donors (Lipinski definition) is 0. The fourth-order valence-electron chi connectivity index (χ4n) is 2.20. The zero-order valence-electron chi connectivity index (χ0n) is 8.08. The molecule has 0 saturated heterocycles. The van der Waals surface area contributed by atoms with Crippen molar-refractivity contribution < 1.29 is 4.79 Å². The van der Waals surface area contributed by atoms with Crippen LogP contribution in [-0.2, 0) is 4.79 Å². The van der Waals surface area contributed by atoms with Crippen LogP contribution in [0.3, 0.4) is 0 Å². The Labute approximate surface area is 78.8 Å². The van der Waals surface area contributed by atoms with Crippen LogP contribution in [0.4, 0.5) is 0 Å². The molecule has 1 fully saturated rings. The van der Waals surface area contributed by atoms with E-state index in [0.29, 0.717) is 12.2 Å². The molecule has 0 amide bonds. The third-order valence-electron chi connectivity index (χ3n) is 3.24. The molecule has 1 spiro atoms. The molecule has 1 saturated carbocycles. The highest BCUT2D eigenvalue weighted by Crippen LogP contribution is 2.55. The predicted octanol–water partition coefficient (Wildman–Crippen LogP) is 2.65. The molecule has 13 heavy (non-hydrogen) atoms. The van der Waals surface area contributed by atoms with Gasteiger partial charge in [-0.05, 0) is 5.41 Å². The van der Waals surface area contributed by atoms with Crippen molar-refractivity contribution >= 4 is 5.78 Å². The molecule has 0 aromatic carbocycles. The summed E-state index contributed by atoms with van der Waals surface area (Å²) >= 11 is 0. The zero-order valence-corrected chi connectivity index (χ0v) is 8.08. The number of hydrogen-bond acceptors (Lipinski definition) is 1. The van der Waals surface area contributed by atoms with Crippen LogP contribution in [0.1, 0.15) is 20.3 Å². The van der Waals surface area contributed by atoms with E-state index in [9.17, 15) is 4.79 Å². The molecule has 0 aromatic heterocycles. The maximum atomic E-state index is 11.6. The Morgan fingerprint density at radius 1 is 1.08 bits per heavy atom. The van der Waals surface area contributed by atoms with E-state index in [4.69, 9.17) is 0 Å². The van der Waals surface area contributed by atoms with Crippen molar-refractivity contribution in [1.82, 2.24) is 0 Å². The van der Waals surface area contributed by atoms with Gasteiger partial charge in [-0.15, -0.1) is 0 Å². The second kappa shape index (κ2) is 2.44. The van der Waals surface area contributed by atoms with Crippen molar-refractivity contribution in [3.63, 3.8) is 0 Å². The highest BCUT2D eigenvalue weighted by molar-refractivity contribution is 5.96. The Morgan fingerprint density at radius 3 is 2.00 bits per heavy atom. The number of allylic oxidation sites excluding steroid dienone is 6. The van der Waals surface area contributed by atoms with Crippen molar-refractivity contribution in [2.24, 2.45) is 10.8 Å². The van der Waals surface area contributed by atoms with Gasteiger partial charge in [0.1, 0.15) is 5.78 Å². The molecule has 0 radical (unpaired) electrons. The van der Waals surface area contributed by atoms with Gasteiger partial charge in [-0.2, -0.15) is 0 Å². The molecule has 0 atom stereocenters. The molecule has 0 aromatic rings. The Hall–Kier alpha value is -1.11. The second-order valence-corrected chi connectivity index (χ2v) is 4.46. The van der Waals surface area contributed by atoms with Crippen molar-refractivity contribution in [2.75, 3.05) is 0 Å². The summed E-state index contributed by atoms with van der Waals surface area (Å²) in [5, 5.41) is 0. The smallest absolute Gasteiger partial charge is 0.147 e. The van der Waals surface area contributed by atoms with Gasteiger partial charge in [0.05, 0.1) is 5.41 Å². The summed E-state index contributed by atoms with van der Waals surface area (Å²) in [4.78, 5) is 11.6. The van der Waals surface area contributed by atoms with Gasteiger partial charge in [0.15, 0.2) is 0 Å². The molecular formula is C12H14O. The minimum Gasteiger partial charge on any atom is -0.298 e. The van der Waals surface area contributed by atoms with Gasteiger partial charge in [-0.1, -0.05) is 50.3 Å². The quantitative estimate of drug-likeness (QED) is 0.551. The normalized spacial score (nSPS) is 27.4. The van der Waals surface area contributed by atoms with Crippen LogP contribution in [-0.4, -0.2) is 5.78 Å². The van der Waals surface area contributed by atoms with Gasteiger partial charge in [-0.25, -0.2) is 0 Å². The number of carbonyl (C=O) groups is 1. The summed E-state index contributed by atoms with van der Waals surface area (Å²) in [6, 6.07) is 0. The van der Waals surface area contributed by atoms with E-state index in [-0.39, 0.29) is 10.8 Å². The SMILES string of the molecule is CC1(C)CC(=O)C12C=CC=CC=C2. The molecule has 0 aliphatic heterocycles. The van der Waals surface area contributed by atoms with Gasteiger partial charge in [0.2, 0.25) is 0 Å². The van der Waals surface area contributed by atoms with Crippen LogP contribution in [0.2, 0.25) is 0 Å². The van der Waals surface area contributed by atoms with Crippen LogP contribution < -0.4 is 0 Å². The average Bonchev–Trinajstić information content (AvgIpc) is 2.29. The Morgan fingerprint density at radius 2 is 1.62 bits per heavy atom. The molecule has 2 rings (SSSR count). The molecule has 68 valence electrons. The Bertz CT molecular complexity index is 313. The first-order valence-electron chi connectivity index (χ1n) is 4.66. The van der Waals surface area contributed by atoms with Crippen molar-refractivity contribution in [1.29, 1.82) is 0 Å². The largest absolute Gasteiger partial charge is 0.298 e. The minimum atomic E-state index is -0.323. The second-order valence-electron chi connectivity index (χ2n) is 4.46. The average molecular weight is 174 g/mol. The lowest BCUT2D eigenvalue weighted by Gasteiger charge is -2.51. The third-order valence-corrected chi connectivity index (χ3v) is 3.24. The van der Waals surface area contributed by atoms with Gasteiger partial charge in [0.25, 0.3) is 0 Å². The Kier molecular flexibility index (Phi) is 1.59. The first kappa shape index (κ1) is 8.49. The minimum absolute atomic E-state index is 0.0864. The van der Waals surface area contributed by atoms with Gasteiger partial charge >= 0.3 is 0 Å². The van der Waals surface area contributed by atoms with E-state index in [1.54, 1.807) is 0 Å². The van der Waals surface area contributed by atoms with Crippen LogP contribution >= 0.6 is 0 Å². The predicted molar refractivity (Wildman–Crippen MR) is 53.3 cm³/mol. The van der Waals surface area contributed by atoms with E-state index < -0.39 is 0 Å². The van der Waals surface area contributed by atoms with Gasteiger partial charge in [0, 0.05) is 6.42 Å². The third kappa shape index (κ3) is 0.963. The maximum absolute atomic E-state index is 11.6. The van der Waals surface area contributed by atoms with E-state index in [2.05, 4.69) is 13.8 Å². The summed E-state index contributed by atoms with van der Waals surface area (Å²) in [7, 11) is 0. The van der Waals surface area contributed by atoms with Crippen molar-refractivity contribution in [2.45, 2.75) is 20.3 Å². The van der Waals surface area contributed by atoms with Crippen LogP contribution in [0, 0.1) is 10.8 Å². The van der Waals surface area contributed by atoms with Gasteiger partial charge in [-0.3, -0.25) is 4.79 Å². The standard InChI is InChI=1S/C12H14O/c1-11(2)9-10(13)12(11)7-5-3-4-6-8-12/h3-8H,9H2,1-2H3. The number of ketones is 1. The lowest BCUT2D eigenvalue weighted by atomic mass is 9.50. The first-order chi connectivity index (χ1) is 6.08. The highest BCUT2D eigenvalue weighted by Gasteiger charge is 2.56.